The predicted octanol–water partition coefficient (Wildman–Crippen LogP) is 3.06. The zero-order valence-corrected chi connectivity index (χ0v) is 13.2. The van der Waals surface area contributed by atoms with E-state index < -0.39 is 5.91 Å². The molecular formula is C19H19NO3. The van der Waals surface area contributed by atoms with E-state index in [-0.39, 0.29) is 12.4 Å². The van der Waals surface area contributed by atoms with E-state index in [1.54, 1.807) is 30.3 Å². The van der Waals surface area contributed by atoms with Crippen LogP contribution in [0.5, 0.6) is 5.75 Å². The molecule has 2 aromatic carbocycles. The molecule has 0 fully saturated rings. The van der Waals surface area contributed by atoms with E-state index in [1.165, 1.54) is 6.08 Å². The van der Waals surface area contributed by atoms with Gasteiger partial charge in [-0.05, 0) is 43.2 Å². The van der Waals surface area contributed by atoms with Crippen LogP contribution in [0.1, 0.15) is 27.0 Å². The summed E-state index contributed by atoms with van der Waals surface area (Å²) in [6.45, 7) is 3.74. The van der Waals surface area contributed by atoms with Crippen LogP contribution in [-0.4, -0.2) is 18.3 Å². The second-order valence-corrected chi connectivity index (χ2v) is 5.31. The molecule has 0 aliphatic carbocycles. The summed E-state index contributed by atoms with van der Waals surface area (Å²) in [5.41, 5.74) is 8.69. The number of benzene rings is 2. The van der Waals surface area contributed by atoms with E-state index in [4.69, 9.17) is 10.5 Å². The van der Waals surface area contributed by atoms with Crippen LogP contribution in [0.3, 0.4) is 0 Å². The highest BCUT2D eigenvalue weighted by Gasteiger charge is 2.10. The third-order valence-corrected chi connectivity index (χ3v) is 3.37. The lowest BCUT2D eigenvalue weighted by molar-refractivity contribution is -0.119. The van der Waals surface area contributed by atoms with Crippen molar-refractivity contribution in [1.82, 2.24) is 0 Å². The van der Waals surface area contributed by atoms with Crippen molar-refractivity contribution in [2.45, 2.75) is 13.8 Å². The number of aryl methyl sites for hydroxylation is 2. The molecule has 0 heterocycles. The van der Waals surface area contributed by atoms with Gasteiger partial charge in [-0.25, -0.2) is 0 Å². The summed E-state index contributed by atoms with van der Waals surface area (Å²) in [5, 5.41) is 0. The molecule has 0 saturated heterocycles. The molecular weight excluding hydrogens is 290 g/mol. The van der Waals surface area contributed by atoms with Crippen LogP contribution in [0.2, 0.25) is 0 Å². The first kappa shape index (κ1) is 16.5. The largest absolute Gasteiger partial charge is 0.483 e. The number of hydrogen-bond acceptors (Lipinski definition) is 3. The maximum Gasteiger partial charge on any atom is 0.255 e. The lowest BCUT2D eigenvalue weighted by Gasteiger charge is -2.08. The Kier molecular flexibility index (Phi) is 5.31. The van der Waals surface area contributed by atoms with Gasteiger partial charge in [0.1, 0.15) is 5.75 Å². The third-order valence-electron chi connectivity index (χ3n) is 3.37. The summed E-state index contributed by atoms with van der Waals surface area (Å²) >= 11 is 0. The number of amides is 1. The zero-order chi connectivity index (χ0) is 16.8. The second kappa shape index (κ2) is 7.40. The highest BCUT2D eigenvalue weighted by atomic mass is 16.5. The van der Waals surface area contributed by atoms with Crippen molar-refractivity contribution >= 4 is 17.8 Å². The minimum Gasteiger partial charge on any atom is -0.483 e. The number of carbonyl (C=O) groups excluding carboxylic acids is 2. The van der Waals surface area contributed by atoms with Gasteiger partial charge in [0.2, 0.25) is 0 Å². The van der Waals surface area contributed by atoms with Crippen LogP contribution in [0.25, 0.3) is 6.08 Å². The number of primary amides is 1. The van der Waals surface area contributed by atoms with Crippen LogP contribution in [-0.2, 0) is 4.79 Å². The molecule has 2 N–H and O–H groups in total. The van der Waals surface area contributed by atoms with Crippen LogP contribution < -0.4 is 10.5 Å². The topological polar surface area (TPSA) is 69.4 Å². The summed E-state index contributed by atoms with van der Waals surface area (Å²) in [7, 11) is 0. The molecule has 4 heteroatoms. The number of rotatable bonds is 6. The van der Waals surface area contributed by atoms with Gasteiger partial charge in [0.15, 0.2) is 12.4 Å². The third kappa shape index (κ3) is 4.54. The van der Waals surface area contributed by atoms with Crippen molar-refractivity contribution < 1.29 is 14.3 Å². The summed E-state index contributed by atoms with van der Waals surface area (Å²) in [6, 6.07) is 12.9. The van der Waals surface area contributed by atoms with E-state index in [0.29, 0.717) is 11.3 Å². The molecule has 2 rings (SSSR count). The van der Waals surface area contributed by atoms with Crippen LogP contribution in [0.4, 0.5) is 0 Å². The molecule has 1 amide bonds. The van der Waals surface area contributed by atoms with Gasteiger partial charge in [0.25, 0.3) is 5.91 Å². The smallest absolute Gasteiger partial charge is 0.255 e. The van der Waals surface area contributed by atoms with Gasteiger partial charge < -0.3 is 10.5 Å². The first-order valence-electron chi connectivity index (χ1n) is 7.27. The number of nitrogens with two attached hydrogens (primary N) is 1. The summed E-state index contributed by atoms with van der Waals surface area (Å²) in [4.78, 5) is 23.2. The standard InChI is InChI=1S/C19H19NO3/c1-13-7-8-14(2)15(11-13)9-10-17(21)16-5-3-4-6-18(16)23-12-19(20)22/h3-11H,12H2,1-2H3,(H2,20,22)/b10-9+. The average molecular weight is 309 g/mol. The van der Waals surface area contributed by atoms with Gasteiger partial charge in [0.05, 0.1) is 5.56 Å². The first-order chi connectivity index (χ1) is 11.0. The maximum atomic E-state index is 12.4. The Balaban J connectivity index is 2.22. The van der Waals surface area contributed by atoms with Crippen molar-refractivity contribution in [2.75, 3.05) is 6.61 Å². The Bertz CT molecular complexity index is 763. The second-order valence-electron chi connectivity index (χ2n) is 5.31. The van der Waals surface area contributed by atoms with E-state index in [2.05, 4.69) is 0 Å². The molecule has 0 spiro atoms. The van der Waals surface area contributed by atoms with Gasteiger partial charge in [-0.1, -0.05) is 42.0 Å². The fourth-order valence-corrected chi connectivity index (χ4v) is 2.14. The molecule has 0 aliphatic rings. The van der Waals surface area contributed by atoms with Crippen molar-refractivity contribution in [3.63, 3.8) is 0 Å². The highest BCUT2D eigenvalue weighted by Crippen LogP contribution is 2.20. The summed E-state index contributed by atoms with van der Waals surface area (Å²) < 4.78 is 5.29. The van der Waals surface area contributed by atoms with E-state index in [0.717, 1.165) is 16.7 Å². The van der Waals surface area contributed by atoms with Crippen LogP contribution >= 0.6 is 0 Å². The lowest BCUT2D eigenvalue weighted by Crippen LogP contribution is -2.20. The normalized spacial score (nSPS) is 10.7. The SMILES string of the molecule is Cc1ccc(C)c(/C=C/C(=O)c2ccccc2OCC(N)=O)c1. The maximum absolute atomic E-state index is 12.4. The molecule has 4 nitrogen and oxygen atoms in total. The minimum absolute atomic E-state index is 0.189. The monoisotopic (exact) mass is 309 g/mol. The highest BCUT2D eigenvalue weighted by molar-refractivity contribution is 6.08. The van der Waals surface area contributed by atoms with E-state index in [9.17, 15) is 9.59 Å². The van der Waals surface area contributed by atoms with Crippen molar-refractivity contribution in [2.24, 2.45) is 5.73 Å². The number of ether oxygens (including phenoxy) is 1. The van der Waals surface area contributed by atoms with Gasteiger partial charge in [-0.2, -0.15) is 0 Å². The molecule has 0 atom stereocenters. The fourth-order valence-electron chi connectivity index (χ4n) is 2.14. The Hall–Kier alpha value is -2.88. The number of allylic oxidation sites excluding steroid dienone is 1. The van der Waals surface area contributed by atoms with Crippen LogP contribution in [0, 0.1) is 13.8 Å². The minimum atomic E-state index is -0.585. The quantitative estimate of drug-likeness (QED) is 0.658. The fraction of sp³-hybridized carbons (Fsp3) is 0.158. The van der Waals surface area contributed by atoms with Crippen LogP contribution in [0.15, 0.2) is 48.5 Å². The number of ketones is 1. The Morgan fingerprint density at radius 1 is 1.13 bits per heavy atom. The number of hydrogen-bond donors (Lipinski definition) is 1. The molecule has 0 aliphatic heterocycles. The van der Waals surface area contributed by atoms with Gasteiger partial charge in [-0.3, -0.25) is 9.59 Å². The first-order valence-corrected chi connectivity index (χ1v) is 7.27. The lowest BCUT2D eigenvalue weighted by atomic mass is 10.0. The Morgan fingerprint density at radius 3 is 2.61 bits per heavy atom. The average Bonchev–Trinajstić information content (AvgIpc) is 2.53. The van der Waals surface area contributed by atoms with Gasteiger partial charge in [-0.15, -0.1) is 0 Å². The summed E-state index contributed by atoms with van der Waals surface area (Å²) in [5.74, 6) is -0.425. The summed E-state index contributed by atoms with van der Waals surface area (Å²) in [6.07, 6.45) is 3.30. The predicted molar refractivity (Wildman–Crippen MR) is 90.4 cm³/mol. The number of carbonyl (C=O) groups is 2. The van der Waals surface area contributed by atoms with E-state index in [1.807, 2.05) is 32.0 Å². The molecule has 0 unspecified atom stereocenters. The molecule has 23 heavy (non-hydrogen) atoms. The molecule has 118 valence electrons. The Morgan fingerprint density at radius 2 is 1.87 bits per heavy atom. The van der Waals surface area contributed by atoms with Crippen molar-refractivity contribution in [1.29, 1.82) is 0 Å². The molecule has 0 saturated carbocycles. The van der Waals surface area contributed by atoms with Gasteiger partial charge >= 0.3 is 0 Å². The van der Waals surface area contributed by atoms with Crippen molar-refractivity contribution in [3.05, 3.63) is 70.8 Å². The number of para-hydroxylation sites is 1. The Labute approximate surface area is 135 Å². The van der Waals surface area contributed by atoms with Gasteiger partial charge in [0, 0.05) is 0 Å². The molecule has 2 aromatic rings. The van der Waals surface area contributed by atoms with Crippen molar-refractivity contribution in [3.8, 4) is 5.75 Å². The molecule has 0 aromatic heterocycles. The van der Waals surface area contributed by atoms with E-state index >= 15 is 0 Å². The molecule has 0 bridgehead atoms. The zero-order valence-electron chi connectivity index (χ0n) is 13.2. The molecule has 0 radical (unpaired) electrons.